The van der Waals surface area contributed by atoms with Gasteiger partial charge >= 0.3 is 12.1 Å². The maximum Gasteiger partial charge on any atom is 0.410 e. The molecule has 3 rings (SSSR count). The Morgan fingerprint density at radius 1 is 1.15 bits per heavy atom. The lowest BCUT2D eigenvalue weighted by Gasteiger charge is -2.35. The normalized spacial score (nSPS) is 13.2. The highest BCUT2D eigenvalue weighted by Crippen LogP contribution is 2.47. The molecule has 2 aromatic carbocycles. The van der Waals surface area contributed by atoms with Gasteiger partial charge in [0.05, 0.1) is 25.6 Å². The Morgan fingerprint density at radius 3 is 2.15 bits per heavy atom. The maximum atomic E-state index is 12.7. The maximum absolute atomic E-state index is 12.7. The molecule has 1 amide bonds. The average Bonchev–Trinajstić information content (AvgIpc) is 2.96. The van der Waals surface area contributed by atoms with Gasteiger partial charge < -0.3 is 9.84 Å². The third-order valence-corrected chi connectivity index (χ3v) is 4.62. The van der Waals surface area contributed by atoms with Gasteiger partial charge in [0, 0.05) is 6.42 Å². The first-order chi connectivity index (χ1) is 12.6. The molecule has 0 bridgehead atoms. The topological polar surface area (TPSA) is 66.8 Å². The number of benzene rings is 2. The number of nitrogens with zero attached hydrogens (tertiary/aromatic N) is 1. The van der Waals surface area contributed by atoms with Crippen LogP contribution in [0.1, 0.15) is 30.0 Å². The molecule has 1 unspecified atom stereocenters. The summed E-state index contributed by atoms with van der Waals surface area (Å²) in [5, 5.41) is 9.30. The van der Waals surface area contributed by atoms with Gasteiger partial charge in [-0.2, -0.15) is 0 Å². The van der Waals surface area contributed by atoms with E-state index in [-0.39, 0.29) is 12.8 Å². The molecule has 0 radical (unpaired) electrons. The minimum absolute atomic E-state index is 0.127. The van der Waals surface area contributed by atoms with Crippen molar-refractivity contribution < 1.29 is 19.4 Å². The van der Waals surface area contributed by atoms with Gasteiger partial charge in [0.1, 0.15) is 0 Å². The molecule has 1 N–H and O–H groups in total. The van der Waals surface area contributed by atoms with Crippen molar-refractivity contribution in [1.82, 2.24) is 4.90 Å². The van der Waals surface area contributed by atoms with Gasteiger partial charge in [-0.05, 0) is 22.3 Å². The molecule has 132 valence electrons. The van der Waals surface area contributed by atoms with Crippen LogP contribution in [0.4, 0.5) is 4.79 Å². The Hall–Kier alpha value is -3.26. The van der Waals surface area contributed by atoms with Crippen LogP contribution in [0.5, 0.6) is 0 Å². The first kappa shape index (κ1) is 17.6. The zero-order chi connectivity index (χ0) is 18.7. The number of hydrogen-bond acceptors (Lipinski definition) is 3. The predicted octanol–water partition coefficient (Wildman–Crippen LogP) is 3.69. The van der Waals surface area contributed by atoms with E-state index in [9.17, 15) is 14.7 Å². The molecular formula is C21H19NO4. The largest absolute Gasteiger partial charge is 0.481 e. The highest BCUT2D eigenvalue weighted by Gasteiger charge is 2.39. The van der Waals surface area contributed by atoms with Crippen LogP contribution in [0.2, 0.25) is 0 Å². The van der Waals surface area contributed by atoms with E-state index >= 15 is 0 Å². The summed E-state index contributed by atoms with van der Waals surface area (Å²) in [6, 6.07) is 14.5. The van der Waals surface area contributed by atoms with Crippen molar-refractivity contribution in [2.45, 2.75) is 24.9 Å². The first-order valence-electron chi connectivity index (χ1n) is 8.28. The summed E-state index contributed by atoms with van der Waals surface area (Å²) in [4.78, 5) is 25.5. The molecular weight excluding hydrogens is 330 g/mol. The fraction of sp³-hybridized carbons (Fsp3) is 0.238. The van der Waals surface area contributed by atoms with Crippen molar-refractivity contribution in [3.63, 3.8) is 0 Å². The van der Waals surface area contributed by atoms with Crippen LogP contribution >= 0.6 is 0 Å². The minimum Gasteiger partial charge on any atom is -0.481 e. The predicted molar refractivity (Wildman–Crippen MR) is 97.5 cm³/mol. The lowest BCUT2D eigenvalue weighted by molar-refractivity contribution is -0.138. The Bertz CT molecular complexity index is 838. The van der Waals surface area contributed by atoms with Crippen LogP contribution < -0.4 is 0 Å². The first-order valence-corrected chi connectivity index (χ1v) is 8.28. The molecule has 0 fully saturated rings. The van der Waals surface area contributed by atoms with E-state index in [1.165, 1.54) is 12.0 Å². The van der Waals surface area contributed by atoms with Crippen LogP contribution in [-0.2, 0) is 9.53 Å². The van der Waals surface area contributed by atoms with Gasteiger partial charge in [0.15, 0.2) is 0 Å². The molecule has 0 heterocycles. The summed E-state index contributed by atoms with van der Waals surface area (Å²) in [5.41, 5.74) is 3.92. The number of carboxylic acid groups (broad SMARTS) is 1. The number of terminal acetylenes is 1. The highest BCUT2D eigenvalue weighted by atomic mass is 16.5. The number of carbonyl (C=O) groups is 2. The second-order valence-corrected chi connectivity index (χ2v) is 6.11. The van der Waals surface area contributed by atoms with E-state index in [4.69, 9.17) is 11.2 Å². The number of hydrogen-bond donors (Lipinski definition) is 1. The lowest BCUT2D eigenvalue weighted by Crippen LogP contribution is -2.43. The fourth-order valence-corrected chi connectivity index (χ4v) is 3.61. The molecule has 1 atom stereocenters. The number of rotatable bonds is 5. The smallest absolute Gasteiger partial charge is 0.410 e. The SMILES string of the molecule is C#CCC(CC(=O)O)N(C(=O)OC)C1c2ccccc2-c2ccccc21. The summed E-state index contributed by atoms with van der Waals surface area (Å²) < 4.78 is 4.99. The van der Waals surface area contributed by atoms with Crippen molar-refractivity contribution >= 4 is 12.1 Å². The van der Waals surface area contributed by atoms with E-state index in [0.29, 0.717) is 0 Å². The monoisotopic (exact) mass is 349 g/mol. The van der Waals surface area contributed by atoms with Crippen molar-refractivity contribution in [3.8, 4) is 23.5 Å². The van der Waals surface area contributed by atoms with Crippen molar-refractivity contribution in [1.29, 1.82) is 0 Å². The van der Waals surface area contributed by atoms with Crippen LogP contribution in [-0.4, -0.2) is 35.2 Å². The second-order valence-electron chi connectivity index (χ2n) is 6.11. The molecule has 0 aromatic heterocycles. The Labute approximate surface area is 152 Å². The summed E-state index contributed by atoms with van der Waals surface area (Å²) in [5.74, 6) is 1.48. The summed E-state index contributed by atoms with van der Waals surface area (Å²) >= 11 is 0. The van der Waals surface area contributed by atoms with Crippen molar-refractivity contribution in [2.75, 3.05) is 7.11 Å². The minimum atomic E-state index is -1.02. The molecule has 2 aromatic rings. The average molecular weight is 349 g/mol. The second kappa shape index (κ2) is 7.32. The molecule has 1 aliphatic rings. The van der Waals surface area contributed by atoms with Gasteiger partial charge in [-0.25, -0.2) is 4.79 Å². The fourth-order valence-electron chi connectivity index (χ4n) is 3.61. The van der Waals surface area contributed by atoms with E-state index in [1.807, 2.05) is 48.5 Å². The van der Waals surface area contributed by atoms with E-state index in [0.717, 1.165) is 22.3 Å². The molecule has 26 heavy (non-hydrogen) atoms. The number of fused-ring (bicyclic) bond motifs is 3. The molecule has 0 saturated heterocycles. The quantitative estimate of drug-likeness (QED) is 0.836. The Balaban J connectivity index is 2.16. The van der Waals surface area contributed by atoms with E-state index < -0.39 is 24.1 Å². The van der Waals surface area contributed by atoms with Crippen LogP contribution in [0.25, 0.3) is 11.1 Å². The number of carboxylic acids is 1. The Morgan fingerprint density at radius 2 is 1.69 bits per heavy atom. The van der Waals surface area contributed by atoms with E-state index in [1.54, 1.807) is 0 Å². The van der Waals surface area contributed by atoms with Crippen molar-refractivity contribution in [3.05, 3.63) is 59.7 Å². The van der Waals surface area contributed by atoms with Crippen LogP contribution in [0.3, 0.4) is 0 Å². The number of amides is 1. The molecule has 5 nitrogen and oxygen atoms in total. The van der Waals surface area contributed by atoms with Crippen LogP contribution in [0, 0.1) is 12.3 Å². The molecule has 0 saturated carbocycles. The number of ether oxygens (including phenoxy) is 1. The number of methoxy groups -OCH3 is 1. The van der Waals surface area contributed by atoms with Gasteiger partial charge in [0.25, 0.3) is 0 Å². The summed E-state index contributed by atoms with van der Waals surface area (Å²) in [6.45, 7) is 0. The summed E-state index contributed by atoms with van der Waals surface area (Å²) in [7, 11) is 1.29. The summed E-state index contributed by atoms with van der Waals surface area (Å²) in [6.07, 6.45) is 4.73. The lowest BCUT2D eigenvalue weighted by atomic mass is 9.99. The zero-order valence-corrected chi connectivity index (χ0v) is 14.4. The van der Waals surface area contributed by atoms with Gasteiger partial charge in [-0.3, -0.25) is 9.69 Å². The highest BCUT2D eigenvalue weighted by molar-refractivity contribution is 5.81. The van der Waals surface area contributed by atoms with Gasteiger partial charge in [0.2, 0.25) is 0 Å². The standard InChI is InChI=1S/C21H19NO4/c1-3-8-14(13-19(23)24)22(21(25)26-2)20-17-11-6-4-9-15(17)16-10-5-7-12-18(16)20/h1,4-7,9-12,14,20H,8,13H2,2H3,(H,23,24). The third-order valence-electron chi connectivity index (χ3n) is 4.62. The van der Waals surface area contributed by atoms with Crippen molar-refractivity contribution in [2.24, 2.45) is 0 Å². The van der Waals surface area contributed by atoms with Gasteiger partial charge in [-0.15, -0.1) is 12.3 Å². The molecule has 5 heteroatoms. The van der Waals surface area contributed by atoms with E-state index in [2.05, 4.69) is 5.92 Å². The zero-order valence-electron chi connectivity index (χ0n) is 14.4. The number of carbonyl (C=O) groups excluding carboxylic acids is 1. The van der Waals surface area contributed by atoms with Crippen LogP contribution in [0.15, 0.2) is 48.5 Å². The number of aliphatic carboxylic acids is 1. The van der Waals surface area contributed by atoms with Gasteiger partial charge in [-0.1, -0.05) is 48.5 Å². The third kappa shape index (κ3) is 3.02. The molecule has 0 spiro atoms. The Kier molecular flexibility index (Phi) is 4.94. The molecule has 1 aliphatic carbocycles. The molecule has 0 aliphatic heterocycles.